The minimum Gasteiger partial charge on any atom is -0.504 e. The van der Waals surface area contributed by atoms with Gasteiger partial charge in [0.1, 0.15) is 29.0 Å². The molecule has 1 N–H and O–H groups in total. The van der Waals surface area contributed by atoms with Crippen LogP contribution in [0.25, 0.3) is 5.69 Å². The first kappa shape index (κ1) is 32.5. The molecule has 0 radical (unpaired) electrons. The van der Waals surface area contributed by atoms with E-state index in [9.17, 15) is 9.50 Å². The van der Waals surface area contributed by atoms with Gasteiger partial charge in [0.15, 0.2) is 16.7 Å². The molecule has 3 aromatic carbocycles. The Labute approximate surface area is 266 Å². The summed E-state index contributed by atoms with van der Waals surface area (Å²) in [5.74, 6) is -0.779. The van der Waals surface area contributed by atoms with E-state index >= 15 is 8.78 Å². The Balaban J connectivity index is 1.28. The average Bonchev–Trinajstić information content (AvgIpc) is 3.46. The number of rotatable bonds is 13. The zero-order chi connectivity index (χ0) is 31.9. The number of likely N-dealkylation sites (N-methyl/N-ethyl adjacent to an activating group) is 1. The van der Waals surface area contributed by atoms with Crippen molar-refractivity contribution in [2.45, 2.75) is 24.3 Å². The highest BCUT2D eigenvalue weighted by molar-refractivity contribution is 7.98. The van der Waals surface area contributed by atoms with Crippen molar-refractivity contribution in [3.8, 4) is 22.9 Å². The van der Waals surface area contributed by atoms with Crippen LogP contribution in [-0.4, -0.2) is 84.5 Å². The number of aromatic hydroxyl groups is 1. The van der Waals surface area contributed by atoms with Crippen LogP contribution < -0.4 is 14.4 Å². The minimum atomic E-state index is -0.695. The predicted octanol–water partition coefficient (Wildman–Crippen LogP) is 6.47. The Morgan fingerprint density at radius 1 is 0.956 bits per heavy atom. The van der Waals surface area contributed by atoms with E-state index in [4.69, 9.17) is 9.47 Å². The number of halogens is 3. The lowest BCUT2D eigenvalue weighted by Gasteiger charge is -2.33. The normalized spacial score (nSPS) is 14.1. The third-order valence-electron chi connectivity index (χ3n) is 7.95. The largest absolute Gasteiger partial charge is 0.504 e. The highest BCUT2D eigenvalue weighted by atomic mass is 32.2. The Hall–Kier alpha value is -3.87. The number of methoxy groups -OCH3 is 1. The zero-order valence-electron chi connectivity index (χ0n) is 25.7. The number of piperazine rings is 1. The molecule has 240 valence electrons. The van der Waals surface area contributed by atoms with Crippen LogP contribution in [0.5, 0.6) is 17.2 Å². The summed E-state index contributed by atoms with van der Waals surface area (Å²) in [5, 5.41) is 10.8. The molecule has 4 aromatic rings. The molecule has 0 amide bonds. The van der Waals surface area contributed by atoms with Crippen LogP contribution in [0.4, 0.5) is 24.7 Å². The number of nitrogens with zero attached hydrogens (tertiary/aromatic N) is 5. The van der Waals surface area contributed by atoms with Crippen LogP contribution in [0.2, 0.25) is 0 Å². The molecule has 1 fully saturated rings. The maximum Gasteiger partial charge on any atom is 0.174 e. The molecule has 0 bridgehead atoms. The third kappa shape index (κ3) is 7.86. The van der Waals surface area contributed by atoms with Crippen LogP contribution in [0.3, 0.4) is 0 Å². The van der Waals surface area contributed by atoms with Crippen molar-refractivity contribution >= 4 is 23.3 Å². The van der Waals surface area contributed by atoms with Gasteiger partial charge in [0.05, 0.1) is 19.9 Å². The van der Waals surface area contributed by atoms with Gasteiger partial charge in [0.2, 0.25) is 0 Å². The standard InChI is InChI=1S/C33H38F3N5O3S/c1-4-39-13-15-40(16-14-39)12-5-17-44-26-19-28(35)27(29(36)20-26)22-45-33-37-21-32(41(33)24-8-6-23(34)7-9-24)38(2)25-10-11-31(43-3)30(42)18-25/h6-11,18-21,42H,4-5,12-17,22H2,1-3H3. The summed E-state index contributed by atoms with van der Waals surface area (Å²) in [5.41, 5.74) is 1.15. The Morgan fingerprint density at radius 3 is 2.29 bits per heavy atom. The molecule has 0 unspecified atom stereocenters. The minimum absolute atomic E-state index is 0.0341. The van der Waals surface area contributed by atoms with Gasteiger partial charge in [0.25, 0.3) is 0 Å². The van der Waals surface area contributed by atoms with E-state index in [-0.39, 0.29) is 22.8 Å². The van der Waals surface area contributed by atoms with E-state index in [1.165, 1.54) is 31.4 Å². The molecule has 0 spiro atoms. The van der Waals surface area contributed by atoms with Gasteiger partial charge < -0.3 is 29.3 Å². The van der Waals surface area contributed by atoms with E-state index in [1.807, 2.05) is 0 Å². The zero-order valence-corrected chi connectivity index (χ0v) is 26.5. The van der Waals surface area contributed by atoms with Gasteiger partial charge in [-0.3, -0.25) is 4.57 Å². The number of phenols is 1. The number of thioether (sulfide) groups is 1. The van der Waals surface area contributed by atoms with Gasteiger partial charge >= 0.3 is 0 Å². The molecular formula is C33H38F3N5O3S. The molecule has 8 nitrogen and oxygen atoms in total. The highest BCUT2D eigenvalue weighted by Crippen LogP contribution is 2.37. The van der Waals surface area contributed by atoms with Gasteiger partial charge in [0, 0.05) is 80.7 Å². The number of phenolic OH excluding ortho intramolecular Hbond substituents is 1. The second-order valence-corrected chi connectivity index (χ2v) is 11.7. The van der Waals surface area contributed by atoms with Crippen LogP contribution in [0.15, 0.2) is 66.0 Å². The number of imidazole rings is 1. The summed E-state index contributed by atoms with van der Waals surface area (Å²) < 4.78 is 56.7. The van der Waals surface area contributed by atoms with Crippen LogP contribution in [0, 0.1) is 17.5 Å². The van der Waals surface area contributed by atoms with Crippen LogP contribution in [-0.2, 0) is 5.75 Å². The molecule has 5 rings (SSSR count). The van der Waals surface area contributed by atoms with Gasteiger partial charge in [-0.2, -0.15) is 0 Å². The monoisotopic (exact) mass is 641 g/mol. The third-order valence-corrected chi connectivity index (χ3v) is 8.93. The van der Waals surface area contributed by atoms with Crippen molar-refractivity contribution in [2.24, 2.45) is 0 Å². The van der Waals surface area contributed by atoms with E-state index in [2.05, 4.69) is 21.7 Å². The maximum atomic E-state index is 15.1. The lowest BCUT2D eigenvalue weighted by Crippen LogP contribution is -2.46. The second kappa shape index (κ2) is 14.9. The molecule has 45 heavy (non-hydrogen) atoms. The number of anilines is 2. The number of aromatic nitrogens is 2. The summed E-state index contributed by atoms with van der Waals surface area (Å²) in [6, 6.07) is 13.3. The summed E-state index contributed by atoms with van der Waals surface area (Å²) in [4.78, 5) is 11.1. The van der Waals surface area contributed by atoms with Crippen LogP contribution in [0.1, 0.15) is 18.9 Å². The van der Waals surface area contributed by atoms with E-state index in [1.54, 1.807) is 53.0 Å². The van der Waals surface area contributed by atoms with E-state index < -0.39 is 17.5 Å². The first-order valence-corrected chi connectivity index (χ1v) is 15.9. The lowest BCUT2D eigenvalue weighted by atomic mass is 10.2. The molecule has 2 heterocycles. The lowest BCUT2D eigenvalue weighted by molar-refractivity contribution is 0.130. The molecule has 1 aliphatic rings. The number of benzene rings is 3. The molecule has 1 aromatic heterocycles. The first-order chi connectivity index (χ1) is 21.8. The summed E-state index contributed by atoms with van der Waals surface area (Å²) in [6.45, 7) is 8.65. The summed E-state index contributed by atoms with van der Waals surface area (Å²) in [6.07, 6.45) is 2.38. The molecule has 0 saturated carbocycles. The smallest absolute Gasteiger partial charge is 0.174 e. The van der Waals surface area contributed by atoms with Gasteiger partial charge in [-0.15, -0.1) is 0 Å². The van der Waals surface area contributed by atoms with Gasteiger partial charge in [-0.05, 0) is 49.4 Å². The number of hydrogen-bond acceptors (Lipinski definition) is 8. The maximum absolute atomic E-state index is 15.1. The number of ether oxygens (including phenoxy) is 2. The topological polar surface area (TPSA) is 66.2 Å². The molecule has 12 heteroatoms. The fraction of sp³-hybridized carbons (Fsp3) is 0.364. The quantitative estimate of drug-likeness (QED) is 0.132. The number of hydrogen-bond donors (Lipinski definition) is 1. The highest BCUT2D eigenvalue weighted by Gasteiger charge is 2.20. The van der Waals surface area contributed by atoms with E-state index in [0.717, 1.165) is 57.5 Å². The van der Waals surface area contributed by atoms with Crippen molar-refractivity contribution in [1.82, 2.24) is 19.4 Å². The van der Waals surface area contributed by atoms with Crippen molar-refractivity contribution in [3.05, 3.63) is 83.8 Å². The second-order valence-electron chi connectivity index (χ2n) is 10.8. The van der Waals surface area contributed by atoms with E-state index in [0.29, 0.717) is 34.7 Å². The molecule has 1 saturated heterocycles. The molecule has 0 aliphatic carbocycles. The van der Waals surface area contributed by atoms with Crippen LogP contribution >= 0.6 is 11.8 Å². The van der Waals surface area contributed by atoms with Gasteiger partial charge in [-0.1, -0.05) is 18.7 Å². The Kier molecular flexibility index (Phi) is 10.8. The van der Waals surface area contributed by atoms with Gasteiger partial charge in [-0.25, -0.2) is 18.2 Å². The SMILES string of the molecule is CCN1CCN(CCCOc2cc(F)c(CSc3ncc(N(C)c4ccc(OC)c(O)c4)n3-c3ccc(F)cc3)c(F)c2)CC1. The fourth-order valence-electron chi connectivity index (χ4n) is 5.26. The summed E-state index contributed by atoms with van der Waals surface area (Å²) in [7, 11) is 3.26. The molecular weight excluding hydrogens is 603 g/mol. The average molecular weight is 642 g/mol. The predicted molar refractivity (Wildman–Crippen MR) is 171 cm³/mol. The molecule has 0 atom stereocenters. The van der Waals surface area contributed by atoms with Crippen molar-refractivity contribution in [1.29, 1.82) is 0 Å². The molecule has 1 aliphatic heterocycles. The Bertz CT molecular complexity index is 1560. The first-order valence-electron chi connectivity index (χ1n) is 14.9. The summed E-state index contributed by atoms with van der Waals surface area (Å²) >= 11 is 1.15. The Morgan fingerprint density at radius 2 is 1.64 bits per heavy atom. The fourth-order valence-corrected chi connectivity index (χ4v) is 6.27. The van der Waals surface area contributed by atoms with Crippen molar-refractivity contribution in [2.75, 3.05) is 64.9 Å². The van der Waals surface area contributed by atoms with Crippen molar-refractivity contribution < 1.29 is 27.8 Å². The van der Waals surface area contributed by atoms with Crippen molar-refractivity contribution in [3.63, 3.8) is 0 Å².